The van der Waals surface area contributed by atoms with Gasteiger partial charge in [-0.3, -0.25) is 4.79 Å². The Labute approximate surface area is 148 Å². The summed E-state index contributed by atoms with van der Waals surface area (Å²) >= 11 is 0. The summed E-state index contributed by atoms with van der Waals surface area (Å²) in [6.45, 7) is 7.41. The van der Waals surface area contributed by atoms with Gasteiger partial charge in [0.25, 0.3) is 5.91 Å². The summed E-state index contributed by atoms with van der Waals surface area (Å²) in [5.74, 6) is -0.0398. The normalized spacial score (nSPS) is 11.6. The van der Waals surface area contributed by atoms with Crippen LogP contribution >= 0.6 is 0 Å². The average molecular weight is 341 g/mol. The highest BCUT2D eigenvalue weighted by molar-refractivity contribution is 5.98. The van der Waals surface area contributed by atoms with Crippen molar-refractivity contribution < 1.29 is 19.1 Å². The van der Waals surface area contributed by atoms with Gasteiger partial charge in [0.15, 0.2) is 6.10 Å². The van der Waals surface area contributed by atoms with Crippen molar-refractivity contribution in [2.75, 3.05) is 12.4 Å². The number of ether oxygens (including phenoxy) is 2. The summed E-state index contributed by atoms with van der Waals surface area (Å²) < 4.78 is 10.5. The van der Waals surface area contributed by atoms with Gasteiger partial charge in [0.05, 0.1) is 12.7 Å². The number of carbonyl (C=O) groups excluding carboxylic acids is 2. The molecule has 2 rings (SSSR count). The molecule has 0 unspecified atom stereocenters. The topological polar surface area (TPSA) is 64.6 Å². The number of nitrogens with one attached hydrogen (secondary N) is 1. The lowest BCUT2D eigenvalue weighted by Crippen LogP contribution is -2.30. The van der Waals surface area contributed by atoms with Gasteiger partial charge < -0.3 is 14.8 Å². The summed E-state index contributed by atoms with van der Waals surface area (Å²) in [5.41, 5.74) is 3.74. The molecule has 5 nitrogen and oxygen atoms in total. The maximum atomic E-state index is 12.5. The van der Waals surface area contributed by atoms with Crippen LogP contribution in [0.2, 0.25) is 0 Å². The molecule has 1 N–H and O–H groups in total. The number of carbonyl (C=O) groups is 2. The Balaban J connectivity index is 2.14. The standard InChI is InChI=1S/C20H23NO4/c1-12-8-6-11-18(13(12)2)25-15(4)19(22)21-17-10-7-9-16(14(17)3)20(23)24-5/h6-11,15H,1-5H3,(H,21,22)/t15-/m0/s1. The predicted molar refractivity (Wildman–Crippen MR) is 97.2 cm³/mol. The first kappa shape index (κ1) is 18.5. The molecule has 0 aliphatic rings. The average Bonchev–Trinajstić information content (AvgIpc) is 2.60. The molecule has 5 heteroatoms. The van der Waals surface area contributed by atoms with Crippen molar-refractivity contribution in [1.29, 1.82) is 0 Å². The fourth-order valence-corrected chi connectivity index (χ4v) is 2.43. The monoisotopic (exact) mass is 341 g/mol. The molecule has 0 fully saturated rings. The maximum absolute atomic E-state index is 12.5. The van der Waals surface area contributed by atoms with Crippen LogP contribution in [0.25, 0.3) is 0 Å². The minimum absolute atomic E-state index is 0.286. The van der Waals surface area contributed by atoms with Crippen molar-refractivity contribution in [3.8, 4) is 5.75 Å². The molecule has 0 bridgehead atoms. The molecule has 0 saturated carbocycles. The summed E-state index contributed by atoms with van der Waals surface area (Å²) in [6, 6.07) is 10.8. The Hall–Kier alpha value is -2.82. The number of hydrogen-bond acceptors (Lipinski definition) is 4. The van der Waals surface area contributed by atoms with Gasteiger partial charge in [-0.15, -0.1) is 0 Å². The molecule has 1 amide bonds. The first-order chi connectivity index (χ1) is 11.8. The van der Waals surface area contributed by atoms with Crippen LogP contribution in [0.1, 0.15) is 34.0 Å². The third kappa shape index (κ3) is 4.18. The number of rotatable bonds is 5. The Morgan fingerprint density at radius 2 is 1.68 bits per heavy atom. The minimum Gasteiger partial charge on any atom is -0.481 e. The van der Waals surface area contributed by atoms with E-state index in [0.29, 0.717) is 22.6 Å². The van der Waals surface area contributed by atoms with Gasteiger partial charge in [0, 0.05) is 5.69 Å². The van der Waals surface area contributed by atoms with E-state index in [2.05, 4.69) is 5.32 Å². The first-order valence-electron chi connectivity index (χ1n) is 8.06. The van der Waals surface area contributed by atoms with Crippen LogP contribution in [0.4, 0.5) is 5.69 Å². The van der Waals surface area contributed by atoms with Gasteiger partial charge in [0.1, 0.15) is 5.75 Å². The molecular formula is C20H23NO4. The summed E-state index contributed by atoms with van der Waals surface area (Å²) in [4.78, 5) is 24.2. The molecule has 0 aliphatic heterocycles. The lowest BCUT2D eigenvalue weighted by molar-refractivity contribution is -0.122. The number of esters is 1. The fourth-order valence-electron chi connectivity index (χ4n) is 2.43. The van der Waals surface area contributed by atoms with Crippen LogP contribution in [0.3, 0.4) is 0 Å². The van der Waals surface area contributed by atoms with E-state index in [4.69, 9.17) is 9.47 Å². The summed E-state index contributed by atoms with van der Waals surface area (Å²) in [7, 11) is 1.33. The molecule has 2 aromatic carbocycles. The largest absolute Gasteiger partial charge is 0.481 e. The van der Waals surface area contributed by atoms with E-state index in [1.165, 1.54) is 7.11 Å². The van der Waals surface area contributed by atoms with E-state index in [1.54, 1.807) is 32.0 Å². The molecule has 0 spiro atoms. The lowest BCUT2D eigenvalue weighted by Gasteiger charge is -2.18. The molecule has 25 heavy (non-hydrogen) atoms. The predicted octanol–water partition coefficient (Wildman–Crippen LogP) is 3.80. The van der Waals surface area contributed by atoms with Gasteiger partial charge >= 0.3 is 5.97 Å². The zero-order valence-electron chi connectivity index (χ0n) is 15.2. The second kappa shape index (κ2) is 7.83. The van der Waals surface area contributed by atoms with Crippen molar-refractivity contribution in [2.45, 2.75) is 33.8 Å². The Morgan fingerprint density at radius 1 is 1.00 bits per heavy atom. The number of anilines is 1. The zero-order chi connectivity index (χ0) is 18.6. The van der Waals surface area contributed by atoms with Crippen molar-refractivity contribution in [3.63, 3.8) is 0 Å². The van der Waals surface area contributed by atoms with Gasteiger partial charge in [-0.2, -0.15) is 0 Å². The molecule has 0 aliphatic carbocycles. The molecule has 0 saturated heterocycles. The summed E-state index contributed by atoms with van der Waals surface area (Å²) in [6.07, 6.45) is -0.679. The quantitative estimate of drug-likeness (QED) is 0.840. The molecular weight excluding hydrogens is 318 g/mol. The van der Waals surface area contributed by atoms with Crippen molar-refractivity contribution >= 4 is 17.6 Å². The first-order valence-corrected chi connectivity index (χ1v) is 8.06. The van der Waals surface area contributed by atoms with Gasteiger partial charge in [-0.25, -0.2) is 4.79 Å². The molecule has 0 heterocycles. The van der Waals surface area contributed by atoms with E-state index < -0.39 is 12.1 Å². The van der Waals surface area contributed by atoms with Crippen molar-refractivity contribution in [2.24, 2.45) is 0 Å². The van der Waals surface area contributed by atoms with Gasteiger partial charge in [-0.05, 0) is 62.6 Å². The van der Waals surface area contributed by atoms with E-state index in [1.807, 2.05) is 32.0 Å². The maximum Gasteiger partial charge on any atom is 0.338 e. The Morgan fingerprint density at radius 3 is 2.36 bits per heavy atom. The second-order valence-electron chi connectivity index (χ2n) is 5.92. The fraction of sp³-hybridized carbons (Fsp3) is 0.300. The number of hydrogen-bond donors (Lipinski definition) is 1. The van der Waals surface area contributed by atoms with Crippen LogP contribution < -0.4 is 10.1 Å². The molecule has 1 atom stereocenters. The van der Waals surface area contributed by atoms with Gasteiger partial charge in [0.2, 0.25) is 0 Å². The number of amides is 1. The van der Waals surface area contributed by atoms with Crippen LogP contribution in [-0.4, -0.2) is 25.1 Å². The summed E-state index contributed by atoms with van der Waals surface area (Å²) in [5, 5.41) is 2.81. The van der Waals surface area contributed by atoms with Crippen molar-refractivity contribution in [3.05, 3.63) is 58.7 Å². The van der Waals surface area contributed by atoms with E-state index in [-0.39, 0.29) is 5.91 Å². The molecule has 0 radical (unpaired) electrons. The van der Waals surface area contributed by atoms with E-state index >= 15 is 0 Å². The highest BCUT2D eigenvalue weighted by Gasteiger charge is 2.19. The van der Waals surface area contributed by atoms with Crippen LogP contribution in [-0.2, 0) is 9.53 Å². The van der Waals surface area contributed by atoms with Gasteiger partial charge in [-0.1, -0.05) is 18.2 Å². The zero-order valence-corrected chi connectivity index (χ0v) is 15.2. The van der Waals surface area contributed by atoms with E-state index in [9.17, 15) is 9.59 Å². The number of aryl methyl sites for hydroxylation is 1. The minimum atomic E-state index is -0.679. The van der Waals surface area contributed by atoms with Crippen LogP contribution in [0, 0.1) is 20.8 Å². The lowest BCUT2D eigenvalue weighted by atomic mass is 10.1. The van der Waals surface area contributed by atoms with Crippen molar-refractivity contribution in [1.82, 2.24) is 0 Å². The van der Waals surface area contributed by atoms with Crippen LogP contribution in [0.5, 0.6) is 5.75 Å². The molecule has 0 aromatic heterocycles. The SMILES string of the molecule is COC(=O)c1cccc(NC(=O)[C@H](C)Oc2cccc(C)c2C)c1C. The highest BCUT2D eigenvalue weighted by Crippen LogP contribution is 2.23. The van der Waals surface area contributed by atoms with Crippen LogP contribution in [0.15, 0.2) is 36.4 Å². The Bertz CT molecular complexity index is 798. The highest BCUT2D eigenvalue weighted by atomic mass is 16.5. The third-order valence-electron chi connectivity index (χ3n) is 4.22. The molecule has 132 valence electrons. The second-order valence-corrected chi connectivity index (χ2v) is 5.92. The molecule has 2 aromatic rings. The number of methoxy groups -OCH3 is 1. The third-order valence-corrected chi connectivity index (χ3v) is 4.22. The van der Waals surface area contributed by atoms with E-state index in [0.717, 1.165) is 11.1 Å². The Kier molecular flexibility index (Phi) is 5.80. The smallest absolute Gasteiger partial charge is 0.338 e. The number of benzene rings is 2.